The molecule has 6 nitrogen and oxygen atoms in total. The summed E-state index contributed by atoms with van der Waals surface area (Å²) in [7, 11) is -3.13. The molecule has 0 saturated carbocycles. The zero-order valence-corrected chi connectivity index (χ0v) is 13.3. The summed E-state index contributed by atoms with van der Waals surface area (Å²) < 4.78 is 27.1. The van der Waals surface area contributed by atoms with Gasteiger partial charge in [0.25, 0.3) is 0 Å². The largest absolute Gasteiger partial charge is 0.330 e. The van der Waals surface area contributed by atoms with E-state index >= 15 is 0 Å². The van der Waals surface area contributed by atoms with Crippen LogP contribution in [0.3, 0.4) is 0 Å². The fraction of sp³-hybridized carbons (Fsp3) is 0.769. The molecule has 0 amide bonds. The van der Waals surface area contributed by atoms with Gasteiger partial charge in [-0.2, -0.15) is 0 Å². The van der Waals surface area contributed by atoms with Crippen LogP contribution in [0.1, 0.15) is 31.1 Å². The van der Waals surface area contributed by atoms with Crippen molar-refractivity contribution >= 4 is 10.0 Å². The Labute approximate surface area is 121 Å². The van der Waals surface area contributed by atoms with Crippen molar-refractivity contribution in [3.8, 4) is 0 Å². The molecule has 0 saturated heterocycles. The van der Waals surface area contributed by atoms with Crippen LogP contribution in [0.2, 0.25) is 0 Å². The number of hydrogen-bond acceptors (Lipinski definition) is 4. The van der Waals surface area contributed by atoms with Gasteiger partial charge in [0, 0.05) is 44.7 Å². The molecule has 114 valence electrons. The molecule has 0 atom stereocenters. The van der Waals surface area contributed by atoms with Gasteiger partial charge in [-0.05, 0) is 5.92 Å². The molecule has 0 bridgehead atoms. The van der Waals surface area contributed by atoms with Gasteiger partial charge in [-0.15, -0.1) is 0 Å². The highest BCUT2D eigenvalue weighted by Crippen LogP contribution is 2.18. The Bertz CT molecular complexity index is 563. The van der Waals surface area contributed by atoms with Crippen LogP contribution in [0, 0.1) is 5.92 Å². The predicted molar refractivity (Wildman–Crippen MR) is 79.0 cm³/mol. The van der Waals surface area contributed by atoms with Crippen molar-refractivity contribution in [3.05, 3.63) is 17.2 Å². The number of aromatic nitrogens is 2. The first-order valence-corrected chi connectivity index (χ1v) is 8.98. The number of nitrogens with zero attached hydrogens (tertiary/aromatic N) is 2. The highest BCUT2D eigenvalue weighted by molar-refractivity contribution is 7.88. The minimum absolute atomic E-state index is 0.417. The van der Waals surface area contributed by atoms with Crippen LogP contribution in [0.4, 0.5) is 0 Å². The van der Waals surface area contributed by atoms with E-state index in [9.17, 15) is 8.42 Å². The van der Waals surface area contributed by atoms with Gasteiger partial charge < -0.3 is 9.88 Å². The molecule has 2 N–H and O–H groups in total. The molecule has 1 aliphatic heterocycles. The van der Waals surface area contributed by atoms with E-state index in [1.54, 1.807) is 0 Å². The molecule has 0 aromatic carbocycles. The van der Waals surface area contributed by atoms with E-state index in [1.807, 2.05) is 0 Å². The molecular weight excluding hydrogens is 276 g/mol. The molecule has 1 aromatic heterocycles. The van der Waals surface area contributed by atoms with Crippen molar-refractivity contribution in [2.24, 2.45) is 5.92 Å². The first-order chi connectivity index (χ1) is 9.37. The van der Waals surface area contributed by atoms with Gasteiger partial charge in [-0.25, -0.2) is 18.1 Å². The SMILES string of the molecule is CC(C)Cc1nc2c(n1CCNS(C)(=O)=O)CCNC2. The molecule has 2 rings (SSSR count). The lowest BCUT2D eigenvalue weighted by molar-refractivity contribution is 0.538. The van der Waals surface area contributed by atoms with Crippen molar-refractivity contribution in [3.63, 3.8) is 0 Å². The Morgan fingerprint density at radius 2 is 2.20 bits per heavy atom. The van der Waals surface area contributed by atoms with Crippen LogP contribution in [-0.4, -0.2) is 37.3 Å². The van der Waals surface area contributed by atoms with Crippen molar-refractivity contribution in [2.75, 3.05) is 19.3 Å². The molecule has 2 heterocycles. The van der Waals surface area contributed by atoms with Crippen LogP contribution < -0.4 is 10.0 Å². The Kier molecular flexibility index (Phi) is 4.82. The minimum atomic E-state index is -3.13. The monoisotopic (exact) mass is 300 g/mol. The molecule has 0 unspecified atom stereocenters. The van der Waals surface area contributed by atoms with Gasteiger partial charge in [0.1, 0.15) is 5.82 Å². The lowest BCUT2D eigenvalue weighted by atomic mass is 10.1. The summed E-state index contributed by atoms with van der Waals surface area (Å²) in [6, 6.07) is 0. The second kappa shape index (κ2) is 6.24. The number of hydrogen-bond donors (Lipinski definition) is 2. The molecule has 1 aromatic rings. The van der Waals surface area contributed by atoms with Crippen molar-refractivity contribution < 1.29 is 8.42 Å². The Hall–Kier alpha value is -0.920. The van der Waals surface area contributed by atoms with Crippen LogP contribution >= 0.6 is 0 Å². The third-order valence-corrected chi connectivity index (χ3v) is 4.08. The lowest BCUT2D eigenvalue weighted by Gasteiger charge is -2.16. The molecule has 20 heavy (non-hydrogen) atoms. The maximum atomic E-state index is 11.2. The van der Waals surface area contributed by atoms with Crippen LogP contribution in [-0.2, 0) is 36.0 Å². The molecular formula is C13H24N4O2S. The fourth-order valence-electron chi connectivity index (χ4n) is 2.55. The highest BCUT2D eigenvalue weighted by atomic mass is 32.2. The number of rotatable bonds is 6. The number of sulfonamides is 1. The second-order valence-corrected chi connectivity index (χ2v) is 7.60. The van der Waals surface area contributed by atoms with Gasteiger partial charge in [0.15, 0.2) is 0 Å². The standard InChI is InChI=1S/C13H24N4O2S/c1-10(2)8-13-16-11-9-14-5-4-12(11)17(13)7-6-15-20(3,18)19/h10,14-15H,4-9H2,1-3H3. The molecule has 0 aliphatic carbocycles. The third kappa shape index (κ3) is 4.04. The maximum Gasteiger partial charge on any atom is 0.208 e. The van der Waals surface area contributed by atoms with Crippen molar-refractivity contribution in [1.82, 2.24) is 19.6 Å². The summed E-state index contributed by atoms with van der Waals surface area (Å²) in [4.78, 5) is 4.73. The highest BCUT2D eigenvalue weighted by Gasteiger charge is 2.20. The summed E-state index contributed by atoms with van der Waals surface area (Å²) in [5.41, 5.74) is 2.38. The normalized spacial score (nSPS) is 15.6. The van der Waals surface area contributed by atoms with E-state index < -0.39 is 10.0 Å². The summed E-state index contributed by atoms with van der Waals surface area (Å²) in [5, 5.41) is 3.33. The molecule has 7 heteroatoms. The zero-order chi connectivity index (χ0) is 14.8. The van der Waals surface area contributed by atoms with E-state index in [4.69, 9.17) is 4.98 Å². The number of nitrogens with one attached hydrogen (secondary N) is 2. The van der Waals surface area contributed by atoms with Gasteiger partial charge in [0.2, 0.25) is 10.0 Å². The third-order valence-electron chi connectivity index (χ3n) is 3.36. The summed E-state index contributed by atoms with van der Waals surface area (Å²) in [6.45, 7) is 7.18. The Morgan fingerprint density at radius 3 is 2.85 bits per heavy atom. The van der Waals surface area contributed by atoms with Gasteiger partial charge in [-0.1, -0.05) is 13.8 Å². The number of imidazole rings is 1. The molecule has 1 aliphatic rings. The van der Waals surface area contributed by atoms with Crippen LogP contribution in [0.15, 0.2) is 0 Å². The van der Waals surface area contributed by atoms with Gasteiger partial charge >= 0.3 is 0 Å². The van der Waals surface area contributed by atoms with Crippen molar-refractivity contribution in [2.45, 2.75) is 39.8 Å². The number of fused-ring (bicyclic) bond motifs is 1. The van der Waals surface area contributed by atoms with Crippen LogP contribution in [0.25, 0.3) is 0 Å². The van der Waals surface area contributed by atoms with Crippen LogP contribution in [0.5, 0.6) is 0 Å². The first-order valence-electron chi connectivity index (χ1n) is 7.09. The van der Waals surface area contributed by atoms with E-state index in [2.05, 4.69) is 28.5 Å². The average Bonchev–Trinajstić information content (AvgIpc) is 2.65. The topological polar surface area (TPSA) is 76.0 Å². The summed E-state index contributed by atoms with van der Waals surface area (Å²) >= 11 is 0. The van der Waals surface area contributed by atoms with E-state index in [1.165, 1.54) is 11.9 Å². The molecule has 0 radical (unpaired) electrons. The quantitative estimate of drug-likeness (QED) is 0.791. The van der Waals surface area contributed by atoms with Gasteiger partial charge in [-0.3, -0.25) is 0 Å². The van der Waals surface area contributed by atoms with E-state index in [-0.39, 0.29) is 0 Å². The minimum Gasteiger partial charge on any atom is -0.330 e. The summed E-state index contributed by atoms with van der Waals surface area (Å²) in [6.07, 6.45) is 3.07. The summed E-state index contributed by atoms with van der Waals surface area (Å²) in [5.74, 6) is 1.61. The average molecular weight is 300 g/mol. The van der Waals surface area contributed by atoms with Crippen molar-refractivity contribution in [1.29, 1.82) is 0 Å². The zero-order valence-electron chi connectivity index (χ0n) is 12.4. The molecule has 0 fully saturated rings. The Balaban J connectivity index is 2.17. The maximum absolute atomic E-state index is 11.2. The van der Waals surface area contributed by atoms with E-state index in [0.717, 1.165) is 37.4 Å². The lowest BCUT2D eigenvalue weighted by Crippen LogP contribution is -2.29. The van der Waals surface area contributed by atoms with E-state index in [0.29, 0.717) is 19.0 Å². The second-order valence-electron chi connectivity index (χ2n) is 5.76. The molecule has 0 spiro atoms. The fourth-order valence-corrected chi connectivity index (χ4v) is 3.02. The smallest absolute Gasteiger partial charge is 0.208 e. The van der Waals surface area contributed by atoms with Gasteiger partial charge in [0.05, 0.1) is 11.9 Å². The Morgan fingerprint density at radius 1 is 1.45 bits per heavy atom. The predicted octanol–water partition coefficient (Wildman–Crippen LogP) is 0.277. The first kappa shape index (κ1) is 15.5.